The molecule has 1 fully saturated rings. The van der Waals surface area contributed by atoms with Gasteiger partial charge in [0, 0.05) is 25.7 Å². The molecule has 1 aromatic carbocycles. The molecule has 3 heteroatoms. The Labute approximate surface area is 116 Å². The van der Waals surface area contributed by atoms with Crippen LogP contribution in [0.4, 0.5) is 0 Å². The second-order valence-electron chi connectivity index (χ2n) is 5.50. The SMILES string of the molecule is CCNC(CN1C[C@@H](C)O[C@@H](C)C1)c1ccccc1. The first-order chi connectivity index (χ1) is 9.19. The van der Waals surface area contributed by atoms with Gasteiger partial charge in [0.1, 0.15) is 0 Å². The smallest absolute Gasteiger partial charge is 0.0678 e. The fraction of sp³-hybridized carbons (Fsp3) is 0.625. The highest BCUT2D eigenvalue weighted by atomic mass is 16.5. The predicted octanol–water partition coefficient (Wildman–Crippen LogP) is 2.45. The molecular weight excluding hydrogens is 236 g/mol. The van der Waals surface area contributed by atoms with Crippen molar-refractivity contribution in [1.82, 2.24) is 10.2 Å². The van der Waals surface area contributed by atoms with Crippen LogP contribution >= 0.6 is 0 Å². The Hall–Kier alpha value is -0.900. The van der Waals surface area contributed by atoms with Crippen LogP contribution in [0.3, 0.4) is 0 Å². The van der Waals surface area contributed by atoms with E-state index in [0.717, 1.165) is 26.2 Å². The maximum atomic E-state index is 5.80. The molecule has 19 heavy (non-hydrogen) atoms. The number of morpholine rings is 1. The van der Waals surface area contributed by atoms with Gasteiger partial charge in [0.05, 0.1) is 12.2 Å². The van der Waals surface area contributed by atoms with Gasteiger partial charge in [0.15, 0.2) is 0 Å². The highest BCUT2D eigenvalue weighted by Crippen LogP contribution is 2.17. The van der Waals surface area contributed by atoms with Crippen molar-refractivity contribution in [3.8, 4) is 0 Å². The van der Waals surface area contributed by atoms with Gasteiger partial charge in [-0.15, -0.1) is 0 Å². The van der Waals surface area contributed by atoms with E-state index in [1.807, 2.05) is 0 Å². The summed E-state index contributed by atoms with van der Waals surface area (Å²) in [7, 11) is 0. The van der Waals surface area contributed by atoms with Gasteiger partial charge in [-0.1, -0.05) is 37.3 Å². The molecule has 0 saturated carbocycles. The molecule has 1 aliphatic rings. The van der Waals surface area contributed by atoms with E-state index in [1.165, 1.54) is 5.56 Å². The van der Waals surface area contributed by atoms with Crippen LogP contribution in [0, 0.1) is 0 Å². The first-order valence-corrected chi connectivity index (χ1v) is 7.35. The van der Waals surface area contributed by atoms with Crippen molar-refractivity contribution in [2.75, 3.05) is 26.2 Å². The van der Waals surface area contributed by atoms with Gasteiger partial charge in [0.2, 0.25) is 0 Å². The van der Waals surface area contributed by atoms with Crippen molar-refractivity contribution in [3.05, 3.63) is 35.9 Å². The molecule has 0 amide bonds. The molecule has 1 aliphatic heterocycles. The van der Waals surface area contributed by atoms with E-state index < -0.39 is 0 Å². The number of hydrogen-bond acceptors (Lipinski definition) is 3. The summed E-state index contributed by atoms with van der Waals surface area (Å²) in [6, 6.07) is 11.1. The van der Waals surface area contributed by atoms with Crippen LogP contribution in [0.2, 0.25) is 0 Å². The summed E-state index contributed by atoms with van der Waals surface area (Å²) in [5, 5.41) is 3.59. The van der Waals surface area contributed by atoms with Gasteiger partial charge in [-0.25, -0.2) is 0 Å². The number of ether oxygens (including phenoxy) is 1. The Balaban J connectivity index is 2.00. The second kappa shape index (κ2) is 7.04. The van der Waals surface area contributed by atoms with Gasteiger partial charge >= 0.3 is 0 Å². The van der Waals surface area contributed by atoms with Crippen LogP contribution in [0.1, 0.15) is 32.4 Å². The van der Waals surface area contributed by atoms with Gasteiger partial charge < -0.3 is 10.1 Å². The fourth-order valence-electron chi connectivity index (χ4n) is 2.91. The zero-order valence-corrected chi connectivity index (χ0v) is 12.3. The molecule has 1 N–H and O–H groups in total. The number of nitrogens with zero attached hydrogens (tertiary/aromatic N) is 1. The molecule has 0 bridgehead atoms. The molecule has 0 aliphatic carbocycles. The van der Waals surface area contributed by atoms with E-state index in [2.05, 4.69) is 61.3 Å². The van der Waals surface area contributed by atoms with Crippen molar-refractivity contribution in [2.45, 2.75) is 39.0 Å². The van der Waals surface area contributed by atoms with E-state index in [0.29, 0.717) is 18.2 Å². The van der Waals surface area contributed by atoms with Gasteiger partial charge in [0.25, 0.3) is 0 Å². The number of hydrogen-bond donors (Lipinski definition) is 1. The normalized spacial score (nSPS) is 26.3. The average molecular weight is 262 g/mol. The molecule has 3 nitrogen and oxygen atoms in total. The van der Waals surface area contributed by atoms with Crippen molar-refractivity contribution in [3.63, 3.8) is 0 Å². The number of nitrogens with one attached hydrogen (secondary N) is 1. The molecule has 1 heterocycles. The third-order valence-electron chi connectivity index (χ3n) is 3.59. The molecular formula is C16H26N2O. The lowest BCUT2D eigenvalue weighted by Crippen LogP contribution is -2.48. The Bertz CT molecular complexity index is 358. The van der Waals surface area contributed by atoms with Crippen molar-refractivity contribution in [1.29, 1.82) is 0 Å². The predicted molar refractivity (Wildman–Crippen MR) is 79.3 cm³/mol. The zero-order valence-electron chi connectivity index (χ0n) is 12.3. The number of rotatable bonds is 5. The highest BCUT2D eigenvalue weighted by molar-refractivity contribution is 5.19. The minimum absolute atomic E-state index is 0.335. The van der Waals surface area contributed by atoms with Gasteiger partial charge in [-0.2, -0.15) is 0 Å². The molecule has 1 aromatic rings. The molecule has 106 valence electrons. The third kappa shape index (κ3) is 4.30. The van der Waals surface area contributed by atoms with Gasteiger partial charge in [-0.05, 0) is 26.0 Å². The van der Waals surface area contributed by atoms with Crippen molar-refractivity contribution < 1.29 is 4.74 Å². The summed E-state index contributed by atoms with van der Waals surface area (Å²) in [6.07, 6.45) is 0.670. The van der Waals surface area contributed by atoms with Crippen molar-refractivity contribution >= 4 is 0 Å². The highest BCUT2D eigenvalue weighted by Gasteiger charge is 2.24. The number of benzene rings is 1. The zero-order chi connectivity index (χ0) is 13.7. The minimum Gasteiger partial charge on any atom is -0.373 e. The van der Waals surface area contributed by atoms with Crippen LogP contribution in [-0.4, -0.2) is 43.3 Å². The molecule has 0 spiro atoms. The van der Waals surface area contributed by atoms with Crippen LogP contribution in [-0.2, 0) is 4.74 Å². The average Bonchev–Trinajstić information content (AvgIpc) is 2.38. The Morgan fingerprint density at radius 2 is 1.84 bits per heavy atom. The monoisotopic (exact) mass is 262 g/mol. The van der Waals surface area contributed by atoms with Crippen LogP contribution in [0.25, 0.3) is 0 Å². The number of likely N-dealkylation sites (N-methyl/N-ethyl adjacent to an activating group) is 1. The summed E-state index contributed by atoms with van der Waals surface area (Å²) >= 11 is 0. The van der Waals surface area contributed by atoms with E-state index in [-0.39, 0.29) is 0 Å². The first-order valence-electron chi connectivity index (χ1n) is 7.35. The first kappa shape index (κ1) is 14.5. The van der Waals surface area contributed by atoms with Crippen LogP contribution in [0.5, 0.6) is 0 Å². The Kier molecular flexibility index (Phi) is 5.37. The van der Waals surface area contributed by atoms with Gasteiger partial charge in [-0.3, -0.25) is 4.90 Å². The van der Waals surface area contributed by atoms with E-state index in [1.54, 1.807) is 0 Å². The lowest BCUT2D eigenvalue weighted by molar-refractivity contribution is -0.0699. The summed E-state index contributed by atoms with van der Waals surface area (Å²) in [5.41, 5.74) is 1.37. The van der Waals surface area contributed by atoms with Crippen molar-refractivity contribution in [2.24, 2.45) is 0 Å². The third-order valence-corrected chi connectivity index (χ3v) is 3.59. The summed E-state index contributed by atoms with van der Waals surface area (Å²) < 4.78 is 5.80. The lowest BCUT2D eigenvalue weighted by Gasteiger charge is -2.37. The molecule has 2 rings (SSSR count). The second-order valence-corrected chi connectivity index (χ2v) is 5.50. The topological polar surface area (TPSA) is 24.5 Å². The molecule has 1 saturated heterocycles. The molecule has 1 unspecified atom stereocenters. The summed E-state index contributed by atoms with van der Waals surface area (Å²) in [4.78, 5) is 2.51. The Morgan fingerprint density at radius 3 is 2.42 bits per heavy atom. The van der Waals surface area contributed by atoms with E-state index in [9.17, 15) is 0 Å². The van der Waals surface area contributed by atoms with E-state index >= 15 is 0 Å². The fourth-order valence-corrected chi connectivity index (χ4v) is 2.91. The summed E-state index contributed by atoms with van der Waals surface area (Å²) in [6.45, 7) is 10.6. The lowest BCUT2D eigenvalue weighted by atomic mass is 10.1. The minimum atomic E-state index is 0.335. The van der Waals surface area contributed by atoms with Crippen LogP contribution < -0.4 is 5.32 Å². The largest absolute Gasteiger partial charge is 0.373 e. The van der Waals surface area contributed by atoms with Crippen LogP contribution in [0.15, 0.2) is 30.3 Å². The summed E-state index contributed by atoms with van der Waals surface area (Å²) in [5.74, 6) is 0. The molecule has 3 atom stereocenters. The quantitative estimate of drug-likeness (QED) is 0.882. The Morgan fingerprint density at radius 1 is 1.21 bits per heavy atom. The maximum Gasteiger partial charge on any atom is 0.0678 e. The molecule has 0 aromatic heterocycles. The van der Waals surface area contributed by atoms with E-state index in [4.69, 9.17) is 4.74 Å². The maximum absolute atomic E-state index is 5.80. The standard InChI is InChI=1S/C16H26N2O/c1-4-17-16(15-8-6-5-7-9-15)12-18-10-13(2)19-14(3)11-18/h5-9,13-14,16-17H,4,10-12H2,1-3H3/t13-,14+,16?. The molecule has 0 radical (unpaired) electrons.